The first kappa shape index (κ1) is 17.8. The van der Waals surface area contributed by atoms with Crippen molar-refractivity contribution in [3.8, 4) is 5.75 Å². The van der Waals surface area contributed by atoms with Crippen LogP contribution in [-0.4, -0.2) is 45.3 Å². The SMILES string of the molecule is CCCc1ncc(CN2CCC[C@@](O)(COc3ccccc3)C2)cn1. The van der Waals surface area contributed by atoms with Crippen LogP contribution in [0.2, 0.25) is 0 Å². The first-order valence-electron chi connectivity index (χ1n) is 9.09. The number of benzene rings is 1. The van der Waals surface area contributed by atoms with Gasteiger partial charge in [-0.2, -0.15) is 0 Å². The third-order valence-electron chi connectivity index (χ3n) is 4.52. The molecule has 1 atom stereocenters. The van der Waals surface area contributed by atoms with Crippen LogP contribution in [-0.2, 0) is 13.0 Å². The van der Waals surface area contributed by atoms with E-state index in [4.69, 9.17) is 4.74 Å². The standard InChI is InChI=1S/C20H27N3O2/c1-2-7-19-21-12-17(13-22-19)14-23-11-6-10-20(24,15-23)16-25-18-8-4-3-5-9-18/h3-5,8-9,12-13,24H,2,6-7,10-11,14-16H2,1H3/t20-/m0/s1. The Morgan fingerprint density at radius 3 is 2.68 bits per heavy atom. The number of aliphatic hydroxyl groups is 1. The van der Waals surface area contributed by atoms with Crippen molar-refractivity contribution in [1.29, 1.82) is 0 Å². The number of likely N-dealkylation sites (tertiary alicyclic amines) is 1. The molecule has 0 spiro atoms. The van der Waals surface area contributed by atoms with Gasteiger partial charge in [-0.05, 0) is 37.9 Å². The minimum absolute atomic E-state index is 0.319. The number of ether oxygens (including phenoxy) is 1. The van der Waals surface area contributed by atoms with E-state index in [1.807, 2.05) is 42.7 Å². The maximum atomic E-state index is 10.9. The molecule has 1 saturated heterocycles. The summed E-state index contributed by atoms with van der Waals surface area (Å²) in [6.45, 7) is 4.80. The van der Waals surface area contributed by atoms with Gasteiger partial charge >= 0.3 is 0 Å². The molecule has 25 heavy (non-hydrogen) atoms. The zero-order chi connectivity index (χ0) is 17.5. The van der Waals surface area contributed by atoms with Gasteiger partial charge in [-0.3, -0.25) is 4.90 Å². The van der Waals surface area contributed by atoms with Crippen molar-refractivity contribution in [3.05, 3.63) is 54.1 Å². The smallest absolute Gasteiger partial charge is 0.128 e. The second kappa shape index (κ2) is 8.41. The topological polar surface area (TPSA) is 58.5 Å². The Bertz CT molecular complexity index is 648. The number of hydrogen-bond acceptors (Lipinski definition) is 5. The molecule has 1 aliphatic rings. The minimum Gasteiger partial charge on any atom is -0.491 e. The number of hydrogen-bond donors (Lipinski definition) is 1. The van der Waals surface area contributed by atoms with Crippen molar-refractivity contribution in [2.75, 3.05) is 19.7 Å². The molecule has 0 aliphatic carbocycles. The van der Waals surface area contributed by atoms with E-state index in [2.05, 4.69) is 21.8 Å². The Morgan fingerprint density at radius 2 is 1.96 bits per heavy atom. The highest BCUT2D eigenvalue weighted by atomic mass is 16.5. The summed E-state index contributed by atoms with van der Waals surface area (Å²) in [5, 5.41) is 10.9. The van der Waals surface area contributed by atoms with Crippen molar-refractivity contribution >= 4 is 0 Å². The minimum atomic E-state index is -0.808. The molecule has 1 fully saturated rings. The molecule has 1 aromatic carbocycles. The van der Waals surface area contributed by atoms with Crippen LogP contribution in [0.4, 0.5) is 0 Å². The Kier molecular flexibility index (Phi) is 6.00. The molecule has 1 aromatic heterocycles. The fourth-order valence-corrected chi connectivity index (χ4v) is 3.27. The molecule has 0 saturated carbocycles. The van der Waals surface area contributed by atoms with Crippen LogP contribution >= 0.6 is 0 Å². The maximum absolute atomic E-state index is 10.9. The summed E-state index contributed by atoms with van der Waals surface area (Å²) in [5.41, 5.74) is 0.282. The highest BCUT2D eigenvalue weighted by molar-refractivity contribution is 5.21. The predicted molar refractivity (Wildman–Crippen MR) is 97.4 cm³/mol. The lowest BCUT2D eigenvalue weighted by Crippen LogP contribution is -2.51. The van der Waals surface area contributed by atoms with Gasteiger partial charge in [-0.1, -0.05) is 25.1 Å². The van der Waals surface area contributed by atoms with Crippen molar-refractivity contribution in [2.24, 2.45) is 0 Å². The molecule has 0 bridgehead atoms. The molecule has 2 heterocycles. The van der Waals surface area contributed by atoms with E-state index in [0.717, 1.165) is 55.9 Å². The number of β-amino-alcohol motifs (C(OH)–C–C–N with tert-alkyl or cyclic N) is 1. The summed E-state index contributed by atoms with van der Waals surface area (Å²) in [6, 6.07) is 9.67. The molecule has 0 radical (unpaired) electrons. The van der Waals surface area contributed by atoms with Gasteiger partial charge in [-0.15, -0.1) is 0 Å². The van der Waals surface area contributed by atoms with Gasteiger partial charge in [0, 0.05) is 37.5 Å². The molecule has 2 aromatic rings. The number of piperidine rings is 1. The van der Waals surface area contributed by atoms with E-state index in [1.165, 1.54) is 0 Å². The Balaban J connectivity index is 1.54. The summed E-state index contributed by atoms with van der Waals surface area (Å²) in [4.78, 5) is 11.1. The normalized spacial score (nSPS) is 21.2. The number of nitrogens with zero attached hydrogens (tertiary/aromatic N) is 3. The number of para-hydroxylation sites is 1. The molecular formula is C20H27N3O2. The molecule has 5 nitrogen and oxygen atoms in total. The fraction of sp³-hybridized carbons (Fsp3) is 0.500. The lowest BCUT2D eigenvalue weighted by atomic mass is 9.93. The number of aromatic nitrogens is 2. The van der Waals surface area contributed by atoms with Crippen LogP contribution in [0.1, 0.15) is 37.6 Å². The number of aryl methyl sites for hydroxylation is 1. The Labute approximate surface area is 149 Å². The van der Waals surface area contributed by atoms with E-state index >= 15 is 0 Å². The second-order valence-electron chi connectivity index (χ2n) is 6.90. The van der Waals surface area contributed by atoms with Crippen LogP contribution in [0.15, 0.2) is 42.7 Å². The van der Waals surface area contributed by atoms with Crippen LogP contribution < -0.4 is 4.74 Å². The molecular weight excluding hydrogens is 314 g/mol. The van der Waals surface area contributed by atoms with E-state index in [9.17, 15) is 5.11 Å². The summed E-state index contributed by atoms with van der Waals surface area (Å²) < 4.78 is 5.79. The molecule has 1 aliphatic heterocycles. The van der Waals surface area contributed by atoms with E-state index in [1.54, 1.807) is 0 Å². The third kappa shape index (κ3) is 5.25. The monoisotopic (exact) mass is 341 g/mol. The summed E-state index contributed by atoms with van der Waals surface area (Å²) in [5.74, 6) is 1.70. The van der Waals surface area contributed by atoms with E-state index < -0.39 is 5.60 Å². The molecule has 1 N–H and O–H groups in total. The van der Waals surface area contributed by atoms with Gasteiger partial charge < -0.3 is 9.84 Å². The van der Waals surface area contributed by atoms with Crippen LogP contribution in [0.3, 0.4) is 0 Å². The Morgan fingerprint density at radius 1 is 1.20 bits per heavy atom. The predicted octanol–water partition coefficient (Wildman–Crippen LogP) is 2.84. The zero-order valence-electron chi connectivity index (χ0n) is 14.9. The highest BCUT2D eigenvalue weighted by Crippen LogP contribution is 2.24. The van der Waals surface area contributed by atoms with Crippen molar-refractivity contribution < 1.29 is 9.84 Å². The van der Waals surface area contributed by atoms with Crippen molar-refractivity contribution in [3.63, 3.8) is 0 Å². The largest absolute Gasteiger partial charge is 0.491 e. The van der Waals surface area contributed by atoms with E-state index in [0.29, 0.717) is 13.2 Å². The van der Waals surface area contributed by atoms with Gasteiger partial charge in [0.2, 0.25) is 0 Å². The average molecular weight is 341 g/mol. The highest BCUT2D eigenvalue weighted by Gasteiger charge is 2.34. The van der Waals surface area contributed by atoms with Crippen molar-refractivity contribution in [1.82, 2.24) is 14.9 Å². The summed E-state index contributed by atoms with van der Waals surface area (Å²) in [6.07, 6.45) is 7.52. The molecule has 134 valence electrons. The van der Waals surface area contributed by atoms with Gasteiger partial charge in [0.1, 0.15) is 23.8 Å². The fourth-order valence-electron chi connectivity index (χ4n) is 3.27. The zero-order valence-corrected chi connectivity index (χ0v) is 14.9. The van der Waals surface area contributed by atoms with Gasteiger partial charge in [-0.25, -0.2) is 9.97 Å². The first-order valence-corrected chi connectivity index (χ1v) is 9.09. The maximum Gasteiger partial charge on any atom is 0.128 e. The lowest BCUT2D eigenvalue weighted by Gasteiger charge is -2.38. The van der Waals surface area contributed by atoms with Crippen molar-refractivity contribution in [2.45, 2.75) is 44.8 Å². The summed E-state index contributed by atoms with van der Waals surface area (Å²) in [7, 11) is 0. The van der Waals surface area contributed by atoms with Crippen LogP contribution in [0.25, 0.3) is 0 Å². The molecule has 5 heteroatoms. The van der Waals surface area contributed by atoms with Crippen LogP contribution in [0, 0.1) is 0 Å². The average Bonchev–Trinajstić information content (AvgIpc) is 2.63. The quantitative estimate of drug-likeness (QED) is 0.839. The van der Waals surface area contributed by atoms with Gasteiger partial charge in [0.25, 0.3) is 0 Å². The molecule has 0 amide bonds. The second-order valence-corrected chi connectivity index (χ2v) is 6.90. The van der Waals surface area contributed by atoms with Gasteiger partial charge in [0.15, 0.2) is 0 Å². The lowest BCUT2D eigenvalue weighted by molar-refractivity contribution is -0.0621. The molecule has 0 unspecified atom stereocenters. The first-order chi connectivity index (χ1) is 12.2. The summed E-state index contributed by atoms with van der Waals surface area (Å²) >= 11 is 0. The third-order valence-corrected chi connectivity index (χ3v) is 4.52. The molecule has 3 rings (SSSR count). The number of rotatable bonds is 7. The van der Waals surface area contributed by atoms with E-state index in [-0.39, 0.29) is 0 Å². The van der Waals surface area contributed by atoms with Crippen LogP contribution in [0.5, 0.6) is 5.75 Å². The Hall–Kier alpha value is -1.98. The van der Waals surface area contributed by atoms with Gasteiger partial charge in [0.05, 0.1) is 0 Å².